The quantitative estimate of drug-likeness (QED) is 0.762. The van der Waals surface area contributed by atoms with Crippen LogP contribution < -0.4 is 14.8 Å². The second-order valence-corrected chi connectivity index (χ2v) is 5.29. The summed E-state index contributed by atoms with van der Waals surface area (Å²) in [7, 11) is 3.08. The zero-order chi connectivity index (χ0) is 18.4. The van der Waals surface area contributed by atoms with Gasteiger partial charge in [-0.1, -0.05) is 11.2 Å². The van der Waals surface area contributed by atoms with Gasteiger partial charge in [-0.25, -0.2) is 4.79 Å². The van der Waals surface area contributed by atoms with E-state index in [2.05, 4.69) is 10.5 Å². The predicted octanol–water partition coefficient (Wildman–Crippen LogP) is 1.86. The molecular weight excluding hydrogens is 328 g/mol. The molecule has 0 saturated heterocycles. The molecule has 1 amide bonds. The molecule has 0 spiro atoms. The summed E-state index contributed by atoms with van der Waals surface area (Å²) < 4.78 is 20.2. The molecule has 1 aromatic carbocycles. The zero-order valence-electron chi connectivity index (χ0n) is 14.5. The number of carbonyl (C=O) groups excluding carboxylic acids is 2. The maximum Gasteiger partial charge on any atom is 0.377 e. The lowest BCUT2D eigenvalue weighted by Crippen LogP contribution is -2.35. The summed E-state index contributed by atoms with van der Waals surface area (Å²) in [6, 6.07) is 6.75. The van der Waals surface area contributed by atoms with Crippen LogP contribution in [0.2, 0.25) is 0 Å². The van der Waals surface area contributed by atoms with Crippen LogP contribution in [-0.2, 0) is 16.1 Å². The number of aromatic nitrogens is 1. The summed E-state index contributed by atoms with van der Waals surface area (Å²) in [5, 5.41) is 6.29. The Labute approximate surface area is 145 Å². The van der Waals surface area contributed by atoms with E-state index in [0.717, 1.165) is 5.56 Å². The summed E-state index contributed by atoms with van der Waals surface area (Å²) in [5.41, 5.74) is 1.37. The average molecular weight is 348 g/mol. The first-order valence-electron chi connectivity index (χ1n) is 7.57. The fourth-order valence-electron chi connectivity index (χ4n) is 2.06. The van der Waals surface area contributed by atoms with Gasteiger partial charge in [-0.3, -0.25) is 4.79 Å². The van der Waals surface area contributed by atoms with Crippen LogP contribution >= 0.6 is 0 Å². The van der Waals surface area contributed by atoms with E-state index in [0.29, 0.717) is 17.2 Å². The summed E-state index contributed by atoms with van der Waals surface area (Å²) in [6.07, 6.45) is -0.974. The lowest BCUT2D eigenvalue weighted by molar-refractivity contribution is -0.129. The molecule has 1 aromatic heterocycles. The van der Waals surface area contributed by atoms with Gasteiger partial charge >= 0.3 is 5.97 Å². The number of carbonyl (C=O) groups is 2. The fraction of sp³-hybridized carbons (Fsp3) is 0.353. The number of benzene rings is 1. The van der Waals surface area contributed by atoms with E-state index in [-0.39, 0.29) is 12.3 Å². The van der Waals surface area contributed by atoms with Crippen molar-refractivity contribution in [2.45, 2.75) is 26.5 Å². The number of hydrogen-bond acceptors (Lipinski definition) is 7. The first-order chi connectivity index (χ1) is 11.9. The molecule has 1 atom stereocenters. The smallest absolute Gasteiger partial charge is 0.377 e. The molecule has 0 aliphatic carbocycles. The Kier molecular flexibility index (Phi) is 5.99. The van der Waals surface area contributed by atoms with E-state index in [1.165, 1.54) is 20.1 Å². The van der Waals surface area contributed by atoms with Crippen molar-refractivity contribution in [1.82, 2.24) is 10.5 Å². The number of nitrogens with zero attached hydrogens (tertiary/aromatic N) is 1. The molecule has 2 rings (SSSR count). The molecule has 134 valence electrons. The molecule has 0 radical (unpaired) electrons. The highest BCUT2D eigenvalue weighted by molar-refractivity contribution is 5.89. The number of amides is 1. The van der Waals surface area contributed by atoms with E-state index in [1.807, 2.05) is 0 Å². The highest BCUT2D eigenvalue weighted by Gasteiger charge is 2.21. The molecule has 0 unspecified atom stereocenters. The van der Waals surface area contributed by atoms with Gasteiger partial charge in [-0.05, 0) is 31.5 Å². The topological polar surface area (TPSA) is 99.9 Å². The molecular formula is C17H20N2O6. The zero-order valence-corrected chi connectivity index (χ0v) is 14.5. The molecule has 0 bridgehead atoms. The maximum atomic E-state index is 12.1. The molecule has 2 aromatic rings. The molecule has 0 saturated carbocycles. The van der Waals surface area contributed by atoms with Crippen molar-refractivity contribution in [3.8, 4) is 11.5 Å². The van der Waals surface area contributed by atoms with Gasteiger partial charge in [0.05, 0.1) is 19.9 Å². The monoisotopic (exact) mass is 348 g/mol. The Morgan fingerprint density at radius 1 is 1.20 bits per heavy atom. The van der Waals surface area contributed by atoms with E-state index in [1.54, 1.807) is 32.2 Å². The van der Waals surface area contributed by atoms with Crippen molar-refractivity contribution in [3.63, 3.8) is 0 Å². The van der Waals surface area contributed by atoms with Gasteiger partial charge in [0.2, 0.25) is 5.76 Å². The first kappa shape index (κ1) is 18.3. The van der Waals surface area contributed by atoms with Crippen LogP contribution in [0.15, 0.2) is 28.8 Å². The Hall–Kier alpha value is -3.03. The van der Waals surface area contributed by atoms with Gasteiger partial charge in [0.15, 0.2) is 17.6 Å². The number of ether oxygens (including phenoxy) is 3. The van der Waals surface area contributed by atoms with E-state index < -0.39 is 18.0 Å². The largest absolute Gasteiger partial charge is 0.493 e. The van der Waals surface area contributed by atoms with Crippen LogP contribution in [-0.4, -0.2) is 37.4 Å². The van der Waals surface area contributed by atoms with Gasteiger partial charge in [0, 0.05) is 12.6 Å². The van der Waals surface area contributed by atoms with Crippen molar-refractivity contribution < 1.29 is 28.3 Å². The van der Waals surface area contributed by atoms with Crippen LogP contribution in [0.5, 0.6) is 11.5 Å². The number of hydrogen-bond donors (Lipinski definition) is 1. The Morgan fingerprint density at radius 2 is 1.92 bits per heavy atom. The average Bonchev–Trinajstić information content (AvgIpc) is 3.05. The number of nitrogens with one attached hydrogen (secondary N) is 1. The predicted molar refractivity (Wildman–Crippen MR) is 87.5 cm³/mol. The van der Waals surface area contributed by atoms with Crippen molar-refractivity contribution >= 4 is 11.9 Å². The van der Waals surface area contributed by atoms with Crippen molar-refractivity contribution in [3.05, 3.63) is 41.3 Å². The van der Waals surface area contributed by atoms with Crippen molar-refractivity contribution in [2.24, 2.45) is 0 Å². The van der Waals surface area contributed by atoms with Gasteiger partial charge in [0.1, 0.15) is 0 Å². The molecule has 25 heavy (non-hydrogen) atoms. The van der Waals surface area contributed by atoms with E-state index >= 15 is 0 Å². The van der Waals surface area contributed by atoms with Gasteiger partial charge in [0.25, 0.3) is 5.91 Å². The normalized spacial score (nSPS) is 11.5. The number of esters is 1. The van der Waals surface area contributed by atoms with Crippen molar-refractivity contribution in [2.75, 3.05) is 14.2 Å². The minimum Gasteiger partial charge on any atom is -0.493 e. The molecule has 0 fully saturated rings. The summed E-state index contributed by atoms with van der Waals surface area (Å²) in [4.78, 5) is 23.9. The van der Waals surface area contributed by atoms with Crippen LogP contribution in [0.25, 0.3) is 0 Å². The molecule has 8 nitrogen and oxygen atoms in total. The molecule has 8 heteroatoms. The molecule has 0 aliphatic heterocycles. The lowest BCUT2D eigenvalue weighted by Gasteiger charge is -2.13. The van der Waals surface area contributed by atoms with Crippen molar-refractivity contribution in [1.29, 1.82) is 0 Å². The lowest BCUT2D eigenvalue weighted by atomic mass is 10.2. The highest BCUT2D eigenvalue weighted by Crippen LogP contribution is 2.27. The maximum absolute atomic E-state index is 12.1. The highest BCUT2D eigenvalue weighted by atomic mass is 16.6. The molecule has 1 N–H and O–H groups in total. The SMILES string of the molecule is COc1ccc(CNC(=O)[C@H](C)OC(=O)c2cc(C)no2)cc1OC. The third-order valence-electron chi connectivity index (χ3n) is 3.40. The molecule has 0 aliphatic rings. The number of methoxy groups -OCH3 is 2. The van der Waals surface area contributed by atoms with Crippen LogP contribution in [0, 0.1) is 6.92 Å². The van der Waals surface area contributed by atoms with Gasteiger partial charge in [-0.15, -0.1) is 0 Å². The minimum absolute atomic E-state index is 0.0444. The summed E-state index contributed by atoms with van der Waals surface area (Å²) in [5.74, 6) is -0.0533. The Bertz CT molecular complexity index is 755. The third-order valence-corrected chi connectivity index (χ3v) is 3.40. The second kappa shape index (κ2) is 8.18. The van der Waals surface area contributed by atoms with Gasteiger partial charge < -0.3 is 24.1 Å². The van der Waals surface area contributed by atoms with Crippen LogP contribution in [0.3, 0.4) is 0 Å². The Morgan fingerprint density at radius 3 is 2.52 bits per heavy atom. The number of rotatable bonds is 7. The number of aryl methyl sites for hydroxylation is 1. The van der Waals surface area contributed by atoms with Crippen LogP contribution in [0.1, 0.15) is 28.7 Å². The first-order valence-corrected chi connectivity index (χ1v) is 7.57. The Balaban J connectivity index is 1.90. The van der Waals surface area contributed by atoms with E-state index in [9.17, 15) is 9.59 Å². The van der Waals surface area contributed by atoms with Crippen LogP contribution in [0.4, 0.5) is 0 Å². The standard InChI is InChI=1S/C17H20N2O6/c1-10-7-15(25-19-10)17(21)24-11(2)16(20)18-9-12-5-6-13(22-3)14(8-12)23-4/h5-8,11H,9H2,1-4H3,(H,18,20)/t11-/m0/s1. The summed E-state index contributed by atoms with van der Waals surface area (Å²) >= 11 is 0. The third kappa shape index (κ3) is 4.72. The summed E-state index contributed by atoms with van der Waals surface area (Å²) in [6.45, 7) is 3.41. The molecule has 1 heterocycles. The van der Waals surface area contributed by atoms with Gasteiger partial charge in [-0.2, -0.15) is 0 Å². The second-order valence-electron chi connectivity index (χ2n) is 5.29. The van der Waals surface area contributed by atoms with E-state index in [4.69, 9.17) is 18.7 Å². The minimum atomic E-state index is -0.974. The fourth-order valence-corrected chi connectivity index (χ4v) is 2.06.